The molecule has 25 heavy (non-hydrogen) atoms. The smallest absolute Gasteiger partial charge is 0.301 e. The third-order valence-corrected chi connectivity index (χ3v) is 4.54. The molecule has 1 aliphatic rings. The topological polar surface area (TPSA) is 20.3 Å². The standard InChI is InChI=1S/C19H17F4NO/c1-2-12-3-5-13(6-4-12)9-24-10-14-7-15(20)8-16(19(21,22)23)18(14)17(24)11-25/h3-8,11,17H,2,9-10H2,1H3. The average molecular weight is 351 g/mol. The number of rotatable bonds is 4. The van der Waals surface area contributed by atoms with Crippen molar-refractivity contribution in [2.75, 3.05) is 0 Å². The van der Waals surface area contributed by atoms with Crippen LogP contribution in [0.2, 0.25) is 0 Å². The molecule has 0 bridgehead atoms. The second-order valence-electron chi connectivity index (χ2n) is 6.18. The zero-order chi connectivity index (χ0) is 18.2. The average Bonchev–Trinajstić information content (AvgIpc) is 2.90. The monoisotopic (exact) mass is 351 g/mol. The van der Waals surface area contributed by atoms with E-state index in [4.69, 9.17) is 0 Å². The maximum Gasteiger partial charge on any atom is 0.416 e. The predicted octanol–water partition coefficient (Wildman–Crippen LogP) is 4.66. The number of aryl methyl sites for hydroxylation is 1. The van der Waals surface area contributed by atoms with Gasteiger partial charge in [0.15, 0.2) is 0 Å². The van der Waals surface area contributed by atoms with E-state index in [9.17, 15) is 22.4 Å². The molecule has 0 N–H and O–H groups in total. The lowest BCUT2D eigenvalue weighted by Gasteiger charge is -2.22. The Morgan fingerprint density at radius 1 is 1.16 bits per heavy atom. The van der Waals surface area contributed by atoms with Gasteiger partial charge >= 0.3 is 6.18 Å². The van der Waals surface area contributed by atoms with E-state index in [0.29, 0.717) is 18.9 Å². The fraction of sp³-hybridized carbons (Fsp3) is 0.316. The fourth-order valence-electron chi connectivity index (χ4n) is 3.31. The molecular weight excluding hydrogens is 334 g/mol. The first-order valence-corrected chi connectivity index (χ1v) is 8.00. The fourth-order valence-corrected chi connectivity index (χ4v) is 3.31. The van der Waals surface area contributed by atoms with Gasteiger partial charge in [0.05, 0.1) is 11.6 Å². The number of nitrogens with zero attached hydrogens (tertiary/aromatic N) is 1. The van der Waals surface area contributed by atoms with Crippen LogP contribution in [-0.2, 0) is 30.5 Å². The number of aldehydes is 1. The quantitative estimate of drug-likeness (QED) is 0.590. The number of carbonyl (C=O) groups is 1. The van der Waals surface area contributed by atoms with E-state index in [1.54, 1.807) is 4.90 Å². The molecule has 6 heteroatoms. The van der Waals surface area contributed by atoms with Gasteiger partial charge in [0.2, 0.25) is 0 Å². The van der Waals surface area contributed by atoms with Gasteiger partial charge in [0, 0.05) is 13.1 Å². The van der Waals surface area contributed by atoms with Crippen molar-refractivity contribution in [3.8, 4) is 0 Å². The molecule has 0 spiro atoms. The van der Waals surface area contributed by atoms with Gasteiger partial charge in [-0.3, -0.25) is 4.90 Å². The zero-order valence-electron chi connectivity index (χ0n) is 13.6. The Kier molecular flexibility index (Phi) is 4.64. The predicted molar refractivity (Wildman–Crippen MR) is 85.3 cm³/mol. The summed E-state index contributed by atoms with van der Waals surface area (Å²) in [6.07, 6.45) is -3.31. The minimum Gasteiger partial charge on any atom is -0.301 e. The molecule has 1 unspecified atom stereocenters. The van der Waals surface area contributed by atoms with E-state index in [-0.39, 0.29) is 17.7 Å². The molecule has 1 aliphatic heterocycles. The molecule has 1 atom stereocenters. The lowest BCUT2D eigenvalue weighted by atomic mass is 9.98. The highest BCUT2D eigenvalue weighted by molar-refractivity contribution is 5.66. The van der Waals surface area contributed by atoms with Crippen LogP contribution < -0.4 is 0 Å². The molecule has 0 saturated carbocycles. The number of fused-ring (bicyclic) bond motifs is 1. The van der Waals surface area contributed by atoms with Crippen LogP contribution in [0.4, 0.5) is 17.6 Å². The van der Waals surface area contributed by atoms with Gasteiger partial charge in [-0.2, -0.15) is 13.2 Å². The largest absolute Gasteiger partial charge is 0.416 e. The number of alkyl halides is 3. The Morgan fingerprint density at radius 3 is 2.36 bits per heavy atom. The minimum atomic E-state index is -4.70. The summed E-state index contributed by atoms with van der Waals surface area (Å²) in [6, 6.07) is 8.22. The highest BCUT2D eigenvalue weighted by Crippen LogP contribution is 2.43. The van der Waals surface area contributed by atoms with Crippen LogP contribution in [0.3, 0.4) is 0 Å². The van der Waals surface area contributed by atoms with E-state index < -0.39 is 23.6 Å². The molecule has 0 aliphatic carbocycles. The normalized spacial score (nSPS) is 17.6. The third-order valence-electron chi connectivity index (χ3n) is 4.54. The Hall–Kier alpha value is -2.21. The molecule has 2 nitrogen and oxygen atoms in total. The highest BCUT2D eigenvalue weighted by Gasteiger charge is 2.41. The third kappa shape index (κ3) is 3.44. The molecule has 132 valence electrons. The number of hydrogen-bond donors (Lipinski definition) is 0. The van der Waals surface area contributed by atoms with Gasteiger partial charge in [-0.05, 0) is 40.8 Å². The van der Waals surface area contributed by atoms with Crippen LogP contribution in [0.5, 0.6) is 0 Å². The first-order chi connectivity index (χ1) is 11.8. The number of halogens is 4. The van der Waals surface area contributed by atoms with Crippen molar-refractivity contribution in [1.82, 2.24) is 4.90 Å². The summed E-state index contributed by atoms with van der Waals surface area (Å²) in [4.78, 5) is 13.2. The molecule has 0 saturated heterocycles. The second-order valence-corrected chi connectivity index (χ2v) is 6.18. The summed E-state index contributed by atoms with van der Waals surface area (Å²) in [5.41, 5.74) is 1.07. The Bertz CT molecular complexity index is 783. The molecular formula is C19H17F4NO. The lowest BCUT2D eigenvalue weighted by Crippen LogP contribution is -2.24. The van der Waals surface area contributed by atoms with E-state index >= 15 is 0 Å². The van der Waals surface area contributed by atoms with E-state index in [1.807, 2.05) is 31.2 Å². The van der Waals surface area contributed by atoms with E-state index in [2.05, 4.69) is 0 Å². The van der Waals surface area contributed by atoms with Crippen LogP contribution >= 0.6 is 0 Å². The van der Waals surface area contributed by atoms with Gasteiger partial charge in [0.25, 0.3) is 0 Å². The lowest BCUT2D eigenvalue weighted by molar-refractivity contribution is -0.138. The van der Waals surface area contributed by atoms with Crippen LogP contribution in [0.15, 0.2) is 36.4 Å². The van der Waals surface area contributed by atoms with Crippen molar-refractivity contribution in [3.63, 3.8) is 0 Å². The molecule has 0 radical (unpaired) electrons. The van der Waals surface area contributed by atoms with Crippen LogP contribution in [-0.4, -0.2) is 11.2 Å². The molecule has 0 fully saturated rings. The first kappa shape index (κ1) is 17.6. The van der Waals surface area contributed by atoms with Gasteiger partial charge in [-0.1, -0.05) is 31.2 Å². The second kappa shape index (κ2) is 6.59. The van der Waals surface area contributed by atoms with Crippen molar-refractivity contribution in [2.24, 2.45) is 0 Å². The highest BCUT2D eigenvalue weighted by atomic mass is 19.4. The molecule has 2 aromatic rings. The summed E-state index contributed by atoms with van der Waals surface area (Å²) in [5, 5.41) is 0. The summed E-state index contributed by atoms with van der Waals surface area (Å²) in [5.74, 6) is -0.940. The number of carbonyl (C=O) groups excluding carboxylic acids is 1. The van der Waals surface area contributed by atoms with Crippen molar-refractivity contribution in [2.45, 2.75) is 38.7 Å². The minimum absolute atomic E-state index is 0.106. The number of benzene rings is 2. The summed E-state index contributed by atoms with van der Waals surface area (Å²) in [6.45, 7) is 2.46. The van der Waals surface area contributed by atoms with E-state index in [0.717, 1.165) is 23.6 Å². The molecule has 0 amide bonds. The van der Waals surface area contributed by atoms with Crippen LogP contribution in [0.1, 0.15) is 40.8 Å². The maximum atomic E-state index is 13.6. The summed E-state index contributed by atoms with van der Waals surface area (Å²) >= 11 is 0. The molecule has 3 rings (SSSR count). The van der Waals surface area contributed by atoms with Gasteiger partial charge in [0.1, 0.15) is 12.1 Å². The molecule has 1 heterocycles. The van der Waals surface area contributed by atoms with Crippen molar-refractivity contribution in [3.05, 3.63) is 70.0 Å². The Labute approximate surface area is 143 Å². The van der Waals surface area contributed by atoms with Crippen molar-refractivity contribution in [1.29, 1.82) is 0 Å². The molecule has 0 aromatic heterocycles. The maximum absolute atomic E-state index is 13.6. The van der Waals surface area contributed by atoms with Gasteiger partial charge in [-0.15, -0.1) is 0 Å². The van der Waals surface area contributed by atoms with Crippen LogP contribution in [0.25, 0.3) is 0 Å². The van der Waals surface area contributed by atoms with Gasteiger partial charge < -0.3 is 4.79 Å². The van der Waals surface area contributed by atoms with Crippen LogP contribution in [0, 0.1) is 5.82 Å². The van der Waals surface area contributed by atoms with Gasteiger partial charge in [-0.25, -0.2) is 4.39 Å². The zero-order valence-corrected chi connectivity index (χ0v) is 13.6. The van der Waals surface area contributed by atoms with Crippen molar-refractivity contribution >= 4 is 6.29 Å². The SMILES string of the molecule is CCc1ccc(CN2Cc3cc(F)cc(C(F)(F)F)c3C2C=O)cc1. The molecule has 2 aromatic carbocycles. The summed E-state index contributed by atoms with van der Waals surface area (Å²) < 4.78 is 53.4. The van der Waals surface area contributed by atoms with Crippen molar-refractivity contribution < 1.29 is 22.4 Å². The van der Waals surface area contributed by atoms with E-state index in [1.165, 1.54) is 0 Å². The summed E-state index contributed by atoms with van der Waals surface area (Å²) in [7, 11) is 0. The first-order valence-electron chi connectivity index (χ1n) is 8.00. The number of hydrogen-bond acceptors (Lipinski definition) is 2. The Balaban J connectivity index is 1.94. The Morgan fingerprint density at radius 2 is 1.80 bits per heavy atom.